The van der Waals surface area contributed by atoms with Gasteiger partial charge in [-0.2, -0.15) is 0 Å². The van der Waals surface area contributed by atoms with Gasteiger partial charge in [-0.05, 0) is 42.0 Å². The molecular formula is C19H20N2O3. The Bertz CT molecular complexity index is 709. The maximum atomic E-state index is 12.2. The van der Waals surface area contributed by atoms with E-state index in [9.17, 15) is 9.59 Å². The van der Waals surface area contributed by atoms with E-state index in [1.165, 1.54) is 12.1 Å². The van der Waals surface area contributed by atoms with Crippen molar-refractivity contribution in [1.29, 1.82) is 0 Å². The number of nitrogens with one attached hydrogen (secondary N) is 2. The summed E-state index contributed by atoms with van der Waals surface area (Å²) in [5.41, 5.74) is 2.22. The predicted molar refractivity (Wildman–Crippen MR) is 90.7 cm³/mol. The van der Waals surface area contributed by atoms with Crippen molar-refractivity contribution in [3.05, 3.63) is 71.3 Å². The minimum atomic E-state index is -0.956. The number of hydrogen-bond donors (Lipinski definition) is 3. The molecule has 1 fully saturated rings. The molecule has 1 saturated carbocycles. The zero-order chi connectivity index (χ0) is 16.9. The monoisotopic (exact) mass is 324 g/mol. The first-order valence-electron chi connectivity index (χ1n) is 8.05. The topological polar surface area (TPSA) is 78.4 Å². The number of benzene rings is 2. The van der Waals surface area contributed by atoms with Gasteiger partial charge in [-0.1, -0.05) is 42.5 Å². The summed E-state index contributed by atoms with van der Waals surface area (Å²) in [6, 6.07) is 16.3. The summed E-state index contributed by atoms with van der Waals surface area (Å²) >= 11 is 0. The van der Waals surface area contributed by atoms with Crippen LogP contribution in [0.4, 0.5) is 4.79 Å². The Morgan fingerprint density at radius 2 is 1.71 bits per heavy atom. The highest BCUT2D eigenvalue weighted by Gasteiger charge is 2.33. The lowest BCUT2D eigenvalue weighted by atomic mass is 10.0. The molecule has 0 spiro atoms. The molecule has 0 saturated heterocycles. The number of amides is 2. The van der Waals surface area contributed by atoms with Crippen molar-refractivity contribution in [2.24, 2.45) is 5.92 Å². The first-order chi connectivity index (χ1) is 11.6. The predicted octanol–water partition coefficient (Wildman–Crippen LogP) is 3.34. The van der Waals surface area contributed by atoms with Gasteiger partial charge in [-0.15, -0.1) is 0 Å². The van der Waals surface area contributed by atoms with Crippen molar-refractivity contribution in [2.45, 2.75) is 25.4 Å². The van der Waals surface area contributed by atoms with Gasteiger partial charge < -0.3 is 15.7 Å². The van der Waals surface area contributed by atoms with Crippen LogP contribution in [0.3, 0.4) is 0 Å². The number of aromatic carboxylic acids is 1. The zero-order valence-electron chi connectivity index (χ0n) is 13.2. The van der Waals surface area contributed by atoms with E-state index in [1.54, 1.807) is 12.1 Å². The van der Waals surface area contributed by atoms with Crippen molar-refractivity contribution < 1.29 is 14.7 Å². The van der Waals surface area contributed by atoms with E-state index in [1.807, 2.05) is 30.3 Å². The first kappa shape index (κ1) is 16.1. The zero-order valence-corrected chi connectivity index (χ0v) is 13.2. The van der Waals surface area contributed by atoms with Crippen molar-refractivity contribution in [3.63, 3.8) is 0 Å². The molecule has 2 aromatic carbocycles. The summed E-state index contributed by atoms with van der Waals surface area (Å²) in [6.07, 6.45) is 2.27. The molecule has 1 atom stereocenters. The molecule has 124 valence electrons. The summed E-state index contributed by atoms with van der Waals surface area (Å²) in [5, 5.41) is 14.8. The molecule has 2 amide bonds. The Kier molecular flexibility index (Phi) is 4.79. The largest absolute Gasteiger partial charge is 0.478 e. The maximum absolute atomic E-state index is 12.2. The van der Waals surface area contributed by atoms with Crippen molar-refractivity contribution >= 4 is 12.0 Å². The fourth-order valence-corrected chi connectivity index (χ4v) is 2.70. The molecule has 3 N–H and O–H groups in total. The van der Waals surface area contributed by atoms with Gasteiger partial charge in [-0.25, -0.2) is 9.59 Å². The van der Waals surface area contributed by atoms with E-state index >= 15 is 0 Å². The van der Waals surface area contributed by atoms with Crippen LogP contribution in [-0.4, -0.2) is 17.1 Å². The Morgan fingerprint density at radius 1 is 1.04 bits per heavy atom. The van der Waals surface area contributed by atoms with Crippen LogP contribution in [-0.2, 0) is 6.54 Å². The number of rotatable bonds is 6. The van der Waals surface area contributed by atoms with Crippen LogP contribution in [0.5, 0.6) is 0 Å². The average molecular weight is 324 g/mol. The summed E-state index contributed by atoms with van der Waals surface area (Å²) in [4.78, 5) is 23.0. The molecule has 0 radical (unpaired) electrons. The Morgan fingerprint density at radius 3 is 2.29 bits per heavy atom. The molecule has 2 aromatic rings. The molecule has 0 aromatic heterocycles. The molecular weight excluding hydrogens is 304 g/mol. The van der Waals surface area contributed by atoms with Crippen LogP contribution in [0.15, 0.2) is 54.6 Å². The van der Waals surface area contributed by atoms with Crippen LogP contribution in [0, 0.1) is 5.92 Å². The van der Waals surface area contributed by atoms with Gasteiger partial charge in [0, 0.05) is 6.54 Å². The second kappa shape index (κ2) is 7.17. The molecule has 0 aliphatic heterocycles. The van der Waals surface area contributed by atoms with Crippen molar-refractivity contribution in [1.82, 2.24) is 10.6 Å². The molecule has 1 aliphatic rings. The number of urea groups is 1. The quantitative estimate of drug-likeness (QED) is 0.762. The van der Waals surface area contributed by atoms with E-state index in [-0.39, 0.29) is 17.6 Å². The van der Waals surface area contributed by atoms with Gasteiger partial charge >= 0.3 is 12.0 Å². The van der Waals surface area contributed by atoms with E-state index in [0.29, 0.717) is 12.5 Å². The number of carbonyl (C=O) groups is 2. The number of carbonyl (C=O) groups excluding carboxylic acids is 1. The fraction of sp³-hybridized carbons (Fsp3) is 0.263. The highest BCUT2D eigenvalue weighted by atomic mass is 16.4. The van der Waals surface area contributed by atoms with Gasteiger partial charge in [0.2, 0.25) is 0 Å². The van der Waals surface area contributed by atoms with E-state index in [0.717, 1.165) is 24.0 Å². The minimum Gasteiger partial charge on any atom is -0.478 e. The molecule has 1 aliphatic carbocycles. The molecule has 5 heteroatoms. The van der Waals surface area contributed by atoms with Crippen molar-refractivity contribution in [2.75, 3.05) is 0 Å². The maximum Gasteiger partial charge on any atom is 0.335 e. The van der Waals surface area contributed by atoms with Crippen LogP contribution >= 0.6 is 0 Å². The molecule has 5 nitrogen and oxygen atoms in total. The van der Waals surface area contributed by atoms with Gasteiger partial charge in [0.25, 0.3) is 0 Å². The normalized spacial score (nSPS) is 14.7. The standard InChI is InChI=1S/C19H20N2O3/c22-18(23)16-8-6-13(7-9-16)12-20-19(24)21-17(15-10-11-15)14-4-2-1-3-5-14/h1-9,15,17H,10-12H2,(H,22,23)(H2,20,21,24). The van der Waals surface area contributed by atoms with E-state index in [4.69, 9.17) is 5.11 Å². The Balaban J connectivity index is 1.55. The third kappa shape index (κ3) is 4.13. The lowest BCUT2D eigenvalue weighted by molar-refractivity contribution is 0.0697. The summed E-state index contributed by atoms with van der Waals surface area (Å²) in [5.74, 6) is -0.449. The third-order valence-electron chi connectivity index (χ3n) is 4.19. The molecule has 24 heavy (non-hydrogen) atoms. The summed E-state index contributed by atoms with van der Waals surface area (Å²) in [6.45, 7) is 0.359. The van der Waals surface area contributed by atoms with Crippen LogP contribution in [0.25, 0.3) is 0 Å². The van der Waals surface area contributed by atoms with Gasteiger partial charge in [-0.3, -0.25) is 0 Å². The van der Waals surface area contributed by atoms with Gasteiger partial charge in [0.1, 0.15) is 0 Å². The smallest absolute Gasteiger partial charge is 0.335 e. The van der Waals surface area contributed by atoms with Crippen LogP contribution in [0.1, 0.15) is 40.4 Å². The SMILES string of the molecule is O=C(NCc1ccc(C(=O)O)cc1)NC(c1ccccc1)C1CC1. The molecule has 3 rings (SSSR count). The highest BCUT2D eigenvalue weighted by Crippen LogP contribution is 2.40. The number of carboxylic acids is 1. The van der Waals surface area contributed by atoms with Crippen LogP contribution < -0.4 is 10.6 Å². The minimum absolute atomic E-state index is 0.0422. The second-order valence-corrected chi connectivity index (χ2v) is 6.05. The number of carboxylic acid groups (broad SMARTS) is 1. The fourth-order valence-electron chi connectivity index (χ4n) is 2.70. The Labute approximate surface area is 140 Å². The average Bonchev–Trinajstić information content (AvgIpc) is 3.44. The molecule has 0 bridgehead atoms. The second-order valence-electron chi connectivity index (χ2n) is 6.05. The molecule has 1 unspecified atom stereocenters. The number of hydrogen-bond acceptors (Lipinski definition) is 2. The first-order valence-corrected chi connectivity index (χ1v) is 8.05. The lowest BCUT2D eigenvalue weighted by Crippen LogP contribution is -2.38. The third-order valence-corrected chi connectivity index (χ3v) is 4.19. The van der Waals surface area contributed by atoms with Crippen molar-refractivity contribution in [3.8, 4) is 0 Å². The summed E-state index contributed by atoms with van der Waals surface area (Å²) < 4.78 is 0. The lowest BCUT2D eigenvalue weighted by Gasteiger charge is -2.19. The highest BCUT2D eigenvalue weighted by molar-refractivity contribution is 5.87. The van der Waals surface area contributed by atoms with Gasteiger partial charge in [0.15, 0.2) is 0 Å². The van der Waals surface area contributed by atoms with E-state index in [2.05, 4.69) is 10.6 Å². The summed E-state index contributed by atoms with van der Waals surface area (Å²) in [7, 11) is 0. The van der Waals surface area contributed by atoms with Crippen LogP contribution in [0.2, 0.25) is 0 Å². The Hall–Kier alpha value is -2.82. The van der Waals surface area contributed by atoms with E-state index < -0.39 is 5.97 Å². The van der Waals surface area contributed by atoms with Gasteiger partial charge in [0.05, 0.1) is 11.6 Å². The molecule has 0 heterocycles.